The minimum atomic E-state index is -1.50. The Balaban J connectivity index is 0.000000223. The second-order valence-electron chi connectivity index (χ2n) is 14.3. The monoisotopic (exact) mass is 854 g/mol. The summed E-state index contributed by atoms with van der Waals surface area (Å²) in [6.07, 6.45) is 4.85. The predicted octanol–water partition coefficient (Wildman–Crippen LogP) is 11.8. The Morgan fingerprint density at radius 3 is 2.26 bits per heavy atom. The first kappa shape index (κ1) is 33.0. The molecule has 0 saturated carbocycles. The number of fused-ring (bicyclic) bond motifs is 3. The maximum Gasteiger partial charge on any atom is 0.121 e. The minimum absolute atomic E-state index is 0. The van der Waals surface area contributed by atoms with Gasteiger partial charge in [0.2, 0.25) is 0 Å². The van der Waals surface area contributed by atoms with Gasteiger partial charge in [-0.15, -0.1) is 54.1 Å². The molecule has 0 saturated heterocycles. The van der Waals surface area contributed by atoms with Gasteiger partial charge in [0.15, 0.2) is 0 Å². The van der Waals surface area contributed by atoms with E-state index in [1.54, 1.807) is 0 Å². The van der Waals surface area contributed by atoms with Crippen molar-refractivity contribution < 1.29 is 28.6 Å². The molecule has 0 aliphatic rings. The van der Waals surface area contributed by atoms with Crippen LogP contribution in [0.15, 0.2) is 114 Å². The molecular weight excluding hydrogens is 805 g/mol. The standard InChI is InChI=1S/C28H24NO.C17H22NSi.Ir/c1-18(2)15-20-13-14-29-26(16-20)25-6-4-5-24-23-12-11-22(17-27(23)30-28(24)25)21-9-7-19(3)8-10-21;1-13(2)15-11-16(14-9-7-6-8-10-14)18-12-17(15)19(3,4)5;/h4-5,7-14,16-18H,15H2,1-3H3;6-9,11-13H,1-5H3;/q2*-1;/i3D2;13D;. The zero-order valence-corrected chi connectivity index (χ0v) is 33.3. The summed E-state index contributed by atoms with van der Waals surface area (Å²) < 4.78 is 29.9. The van der Waals surface area contributed by atoms with Gasteiger partial charge in [0.25, 0.3) is 0 Å². The van der Waals surface area contributed by atoms with E-state index < -0.39 is 20.8 Å². The van der Waals surface area contributed by atoms with E-state index in [1.807, 2.05) is 86.9 Å². The molecule has 0 unspecified atom stereocenters. The fourth-order valence-electron chi connectivity index (χ4n) is 6.16. The Morgan fingerprint density at radius 2 is 1.58 bits per heavy atom. The summed E-state index contributed by atoms with van der Waals surface area (Å²) in [7, 11) is -1.50. The smallest absolute Gasteiger partial charge is 0.121 e. The summed E-state index contributed by atoms with van der Waals surface area (Å²) >= 11 is 0. The quantitative estimate of drug-likeness (QED) is 0.118. The summed E-state index contributed by atoms with van der Waals surface area (Å²) in [5, 5.41) is 3.39. The van der Waals surface area contributed by atoms with Crippen molar-refractivity contribution in [2.75, 3.05) is 0 Å². The van der Waals surface area contributed by atoms with E-state index in [0.717, 1.165) is 67.6 Å². The van der Waals surface area contributed by atoms with Crippen LogP contribution in [0, 0.1) is 24.9 Å². The molecule has 1 radical (unpaired) electrons. The van der Waals surface area contributed by atoms with Gasteiger partial charge in [0, 0.05) is 42.0 Å². The van der Waals surface area contributed by atoms with E-state index in [-0.39, 0.29) is 20.1 Å². The van der Waals surface area contributed by atoms with Crippen LogP contribution in [-0.2, 0) is 26.5 Å². The van der Waals surface area contributed by atoms with Crippen molar-refractivity contribution in [3.63, 3.8) is 0 Å². The molecule has 7 rings (SSSR count). The Hall–Kier alpha value is -4.15. The average Bonchev–Trinajstić information content (AvgIpc) is 3.49. The Morgan fingerprint density at radius 1 is 0.800 bits per heavy atom. The van der Waals surface area contributed by atoms with Crippen LogP contribution in [-0.4, -0.2) is 18.0 Å². The first-order valence-electron chi connectivity index (χ1n) is 18.6. The molecule has 0 N–H and O–H groups in total. The molecular formula is C45H46IrN2OSi-2. The molecule has 0 fully saturated rings. The van der Waals surface area contributed by atoms with Crippen molar-refractivity contribution in [3.8, 4) is 33.6 Å². The number of nitrogens with zero attached hydrogens (tertiary/aromatic N) is 2. The third kappa shape index (κ3) is 8.41. The van der Waals surface area contributed by atoms with E-state index >= 15 is 0 Å². The first-order valence-corrected chi connectivity index (χ1v) is 20.4. The minimum Gasteiger partial charge on any atom is -0.501 e. The van der Waals surface area contributed by atoms with Crippen molar-refractivity contribution in [2.24, 2.45) is 5.92 Å². The average molecular weight is 854 g/mol. The predicted molar refractivity (Wildman–Crippen MR) is 210 cm³/mol. The fourth-order valence-corrected chi connectivity index (χ4v) is 7.75. The molecule has 257 valence electrons. The third-order valence-corrected chi connectivity index (χ3v) is 10.7. The molecule has 0 bridgehead atoms. The normalized spacial score (nSPS) is 12.6. The van der Waals surface area contributed by atoms with Crippen LogP contribution < -0.4 is 5.19 Å². The van der Waals surface area contributed by atoms with Crippen LogP contribution in [0.1, 0.15) is 54.4 Å². The summed E-state index contributed by atoms with van der Waals surface area (Å²) in [6.45, 7) is 14.3. The van der Waals surface area contributed by atoms with Crippen LogP contribution in [0.3, 0.4) is 0 Å². The molecule has 0 spiro atoms. The maximum absolute atomic E-state index is 8.44. The van der Waals surface area contributed by atoms with Crippen molar-refractivity contribution in [1.82, 2.24) is 9.97 Å². The summed E-state index contributed by atoms with van der Waals surface area (Å²) in [5.74, 6) is -0.0287. The second-order valence-corrected chi connectivity index (χ2v) is 19.4. The molecule has 0 atom stereocenters. The molecule has 4 aromatic carbocycles. The van der Waals surface area contributed by atoms with Crippen LogP contribution in [0.25, 0.3) is 55.6 Å². The zero-order valence-electron chi connectivity index (χ0n) is 32.9. The van der Waals surface area contributed by atoms with Gasteiger partial charge >= 0.3 is 0 Å². The SMILES string of the molecule is [2H]C(C)(C)c1cc(-c2[c-]cccc2)ncc1[Si](C)(C)C.[2H]C([2H])c1ccc(-c2ccc3c(c2)oc2c(-c4cc(CC(C)C)ccn4)[c-]ccc23)cc1.[Ir]. The Kier molecular flexibility index (Phi) is 10.4. The molecule has 0 aliphatic heterocycles. The molecule has 7 aromatic rings. The number of furan rings is 1. The van der Waals surface area contributed by atoms with Gasteiger partial charge in [0.1, 0.15) is 5.58 Å². The number of hydrogen-bond donors (Lipinski definition) is 0. The molecule has 5 heteroatoms. The maximum atomic E-state index is 8.44. The van der Waals surface area contributed by atoms with E-state index in [2.05, 4.69) is 92.0 Å². The topological polar surface area (TPSA) is 38.9 Å². The van der Waals surface area contributed by atoms with Crippen molar-refractivity contribution in [3.05, 3.63) is 138 Å². The number of benzene rings is 4. The van der Waals surface area contributed by atoms with Crippen molar-refractivity contribution in [1.29, 1.82) is 0 Å². The van der Waals surface area contributed by atoms with E-state index in [9.17, 15) is 0 Å². The van der Waals surface area contributed by atoms with Gasteiger partial charge in [-0.2, -0.15) is 0 Å². The van der Waals surface area contributed by atoms with Crippen LogP contribution in [0.5, 0.6) is 0 Å². The number of hydrogen-bond acceptors (Lipinski definition) is 3. The molecule has 3 nitrogen and oxygen atoms in total. The van der Waals surface area contributed by atoms with Gasteiger partial charge < -0.3 is 14.4 Å². The van der Waals surface area contributed by atoms with Crippen molar-refractivity contribution in [2.45, 2.75) is 66.5 Å². The molecule has 3 heterocycles. The summed E-state index contributed by atoms with van der Waals surface area (Å²) in [4.78, 5) is 9.21. The van der Waals surface area contributed by atoms with Gasteiger partial charge in [-0.05, 0) is 64.9 Å². The summed E-state index contributed by atoms with van der Waals surface area (Å²) in [6, 6.07) is 38.5. The van der Waals surface area contributed by atoms with Gasteiger partial charge in [-0.25, -0.2) is 0 Å². The van der Waals surface area contributed by atoms with Gasteiger partial charge in [-0.1, -0.05) is 124 Å². The van der Waals surface area contributed by atoms with Crippen molar-refractivity contribution >= 4 is 35.2 Å². The number of pyridine rings is 2. The molecule has 3 aromatic heterocycles. The number of rotatable bonds is 7. The second kappa shape index (κ2) is 15.8. The van der Waals surface area contributed by atoms with Crippen LogP contribution >= 0.6 is 0 Å². The fraction of sp³-hybridized carbons (Fsp3) is 0.244. The van der Waals surface area contributed by atoms with E-state index in [1.165, 1.54) is 10.8 Å². The summed E-state index contributed by atoms with van der Waals surface area (Å²) in [5.41, 5.74) is 10.4. The van der Waals surface area contributed by atoms with Gasteiger partial charge in [-0.3, -0.25) is 0 Å². The number of aromatic nitrogens is 2. The van der Waals surface area contributed by atoms with E-state index in [4.69, 9.17) is 8.53 Å². The Labute approximate surface area is 316 Å². The van der Waals surface area contributed by atoms with E-state index in [0.29, 0.717) is 11.5 Å². The largest absolute Gasteiger partial charge is 0.501 e. The molecule has 0 aliphatic carbocycles. The number of aryl methyl sites for hydroxylation is 1. The first-order chi connectivity index (χ1) is 24.7. The van der Waals surface area contributed by atoms with Crippen LogP contribution in [0.4, 0.5) is 0 Å². The van der Waals surface area contributed by atoms with Crippen LogP contribution in [0.2, 0.25) is 19.6 Å². The molecule has 0 amide bonds. The molecule has 50 heavy (non-hydrogen) atoms. The van der Waals surface area contributed by atoms with Gasteiger partial charge in [0.05, 0.1) is 13.7 Å². The Bertz CT molecular complexity index is 2310. The third-order valence-electron chi connectivity index (χ3n) is 8.64. The zero-order chi connectivity index (χ0) is 37.2.